The zero-order valence-corrected chi connectivity index (χ0v) is 7.71. The first-order chi connectivity index (χ1) is 6.79. The van der Waals surface area contributed by atoms with Crippen molar-refractivity contribution < 1.29 is 4.79 Å². The first-order valence-corrected chi connectivity index (χ1v) is 4.06. The van der Waals surface area contributed by atoms with Crippen molar-refractivity contribution in [3.8, 4) is 0 Å². The molecule has 0 N–H and O–H groups in total. The summed E-state index contributed by atoms with van der Waals surface area (Å²) in [5.41, 5.74) is 9.91. The first kappa shape index (κ1) is 10.0. The second-order valence-corrected chi connectivity index (χ2v) is 2.68. The summed E-state index contributed by atoms with van der Waals surface area (Å²) < 4.78 is 0. The van der Waals surface area contributed by atoms with E-state index in [1.54, 1.807) is 6.92 Å². The third-order valence-corrected chi connectivity index (χ3v) is 1.86. The minimum atomic E-state index is 0.124. The molecule has 0 saturated carbocycles. The molecule has 14 heavy (non-hydrogen) atoms. The molecule has 0 atom stereocenters. The molecule has 0 bridgehead atoms. The van der Waals surface area contributed by atoms with Crippen LogP contribution in [-0.2, 0) is 4.79 Å². The summed E-state index contributed by atoms with van der Waals surface area (Å²) in [6.45, 7) is 1.74. The highest BCUT2D eigenvalue weighted by atomic mass is 16.1. The standard InChI is InChI=1S/C10H9N3O/c1-8(10(7-14)12-13-11)9-5-3-2-4-6-9/h2-7H,1H3. The van der Waals surface area contributed by atoms with Crippen molar-refractivity contribution in [3.05, 3.63) is 52.0 Å². The number of hydrogen-bond acceptors (Lipinski definition) is 2. The number of carbonyl (C=O) groups excluding carboxylic acids is 1. The van der Waals surface area contributed by atoms with Crippen LogP contribution in [0.15, 0.2) is 41.1 Å². The maximum absolute atomic E-state index is 10.6. The van der Waals surface area contributed by atoms with Gasteiger partial charge in [-0.3, -0.25) is 4.79 Å². The van der Waals surface area contributed by atoms with E-state index in [2.05, 4.69) is 10.0 Å². The molecular formula is C10H9N3O. The normalized spacial score (nSPS) is 11.2. The summed E-state index contributed by atoms with van der Waals surface area (Å²) in [5, 5.41) is 3.31. The van der Waals surface area contributed by atoms with Gasteiger partial charge in [-0.15, -0.1) is 0 Å². The van der Waals surface area contributed by atoms with Gasteiger partial charge >= 0.3 is 0 Å². The minimum Gasteiger partial charge on any atom is -0.298 e. The van der Waals surface area contributed by atoms with E-state index in [0.29, 0.717) is 11.9 Å². The fourth-order valence-corrected chi connectivity index (χ4v) is 1.07. The average molecular weight is 187 g/mol. The summed E-state index contributed by atoms with van der Waals surface area (Å²) in [7, 11) is 0. The quantitative estimate of drug-likeness (QED) is 0.236. The van der Waals surface area contributed by atoms with E-state index in [4.69, 9.17) is 5.53 Å². The van der Waals surface area contributed by atoms with E-state index in [1.165, 1.54) is 0 Å². The molecule has 70 valence electrons. The SMILES string of the molecule is CC(=C(C=O)N=[N+]=[N-])c1ccccc1. The van der Waals surface area contributed by atoms with Crippen LogP contribution in [0, 0.1) is 0 Å². The van der Waals surface area contributed by atoms with Gasteiger partial charge in [-0.25, -0.2) is 0 Å². The zero-order chi connectivity index (χ0) is 10.4. The van der Waals surface area contributed by atoms with Crippen LogP contribution >= 0.6 is 0 Å². The van der Waals surface area contributed by atoms with Gasteiger partial charge in [0.15, 0.2) is 6.29 Å². The lowest BCUT2D eigenvalue weighted by Gasteiger charge is -2.01. The molecule has 0 radical (unpaired) electrons. The van der Waals surface area contributed by atoms with Crippen LogP contribution in [0.25, 0.3) is 16.0 Å². The van der Waals surface area contributed by atoms with Crippen LogP contribution in [0.1, 0.15) is 12.5 Å². The number of allylic oxidation sites excluding steroid dienone is 2. The van der Waals surface area contributed by atoms with Gasteiger partial charge in [0.2, 0.25) is 0 Å². The largest absolute Gasteiger partial charge is 0.298 e. The van der Waals surface area contributed by atoms with Gasteiger partial charge in [-0.1, -0.05) is 35.4 Å². The number of nitrogens with zero attached hydrogens (tertiary/aromatic N) is 3. The second-order valence-electron chi connectivity index (χ2n) is 2.68. The maximum Gasteiger partial charge on any atom is 0.152 e. The number of carbonyl (C=O) groups is 1. The Morgan fingerprint density at radius 1 is 1.43 bits per heavy atom. The fourth-order valence-electron chi connectivity index (χ4n) is 1.07. The van der Waals surface area contributed by atoms with E-state index in [1.807, 2.05) is 30.3 Å². The Morgan fingerprint density at radius 3 is 2.57 bits per heavy atom. The maximum atomic E-state index is 10.6. The predicted octanol–water partition coefficient (Wildman–Crippen LogP) is 2.93. The van der Waals surface area contributed by atoms with E-state index < -0.39 is 0 Å². The van der Waals surface area contributed by atoms with Crippen molar-refractivity contribution in [2.75, 3.05) is 0 Å². The van der Waals surface area contributed by atoms with Crippen LogP contribution in [0.4, 0.5) is 0 Å². The van der Waals surface area contributed by atoms with Crippen molar-refractivity contribution in [3.63, 3.8) is 0 Å². The molecule has 0 aliphatic heterocycles. The minimum absolute atomic E-state index is 0.124. The topological polar surface area (TPSA) is 65.8 Å². The lowest BCUT2D eigenvalue weighted by molar-refractivity contribution is -0.104. The highest BCUT2D eigenvalue weighted by Crippen LogP contribution is 2.17. The Hall–Kier alpha value is -2.06. The summed E-state index contributed by atoms with van der Waals surface area (Å²) in [5.74, 6) is 0. The number of benzene rings is 1. The van der Waals surface area contributed by atoms with E-state index in [0.717, 1.165) is 5.56 Å². The molecule has 0 heterocycles. The molecule has 4 heteroatoms. The summed E-state index contributed by atoms with van der Waals surface area (Å²) >= 11 is 0. The molecule has 4 nitrogen and oxygen atoms in total. The average Bonchev–Trinajstić information content (AvgIpc) is 2.26. The van der Waals surface area contributed by atoms with Crippen molar-refractivity contribution in [1.82, 2.24) is 0 Å². The third-order valence-electron chi connectivity index (χ3n) is 1.86. The third kappa shape index (κ3) is 2.21. The fraction of sp³-hybridized carbons (Fsp3) is 0.100. The lowest BCUT2D eigenvalue weighted by atomic mass is 10.1. The molecule has 0 spiro atoms. The second kappa shape index (κ2) is 4.84. The molecule has 0 saturated heterocycles. The highest BCUT2D eigenvalue weighted by Gasteiger charge is 2.00. The summed E-state index contributed by atoms with van der Waals surface area (Å²) in [6.07, 6.45) is 0.558. The molecule has 1 aromatic carbocycles. The van der Waals surface area contributed by atoms with E-state index in [-0.39, 0.29) is 5.70 Å². The Kier molecular flexibility index (Phi) is 3.47. The molecule has 0 amide bonds. The van der Waals surface area contributed by atoms with Gasteiger partial charge in [-0.05, 0) is 23.6 Å². The van der Waals surface area contributed by atoms with Crippen LogP contribution in [0.2, 0.25) is 0 Å². The van der Waals surface area contributed by atoms with E-state index >= 15 is 0 Å². The Morgan fingerprint density at radius 2 is 2.07 bits per heavy atom. The lowest BCUT2D eigenvalue weighted by Crippen LogP contribution is -1.86. The Labute approximate surface area is 81.5 Å². The van der Waals surface area contributed by atoms with Gasteiger partial charge in [0.25, 0.3) is 0 Å². The summed E-state index contributed by atoms with van der Waals surface area (Å²) in [6, 6.07) is 9.30. The molecular weight excluding hydrogens is 178 g/mol. The van der Waals surface area contributed by atoms with Gasteiger partial charge in [0.05, 0.1) is 5.70 Å². The molecule has 0 fully saturated rings. The van der Waals surface area contributed by atoms with Crippen molar-refractivity contribution in [2.24, 2.45) is 5.11 Å². The highest BCUT2D eigenvalue weighted by molar-refractivity contribution is 5.86. The molecule has 1 rings (SSSR count). The van der Waals surface area contributed by atoms with Crippen LogP contribution < -0.4 is 0 Å². The molecule has 0 aliphatic rings. The first-order valence-electron chi connectivity index (χ1n) is 4.06. The van der Waals surface area contributed by atoms with Gasteiger partial charge in [-0.2, -0.15) is 0 Å². The van der Waals surface area contributed by atoms with Crippen LogP contribution in [-0.4, -0.2) is 6.29 Å². The number of rotatable bonds is 3. The van der Waals surface area contributed by atoms with Crippen molar-refractivity contribution >= 4 is 11.9 Å². The van der Waals surface area contributed by atoms with Crippen LogP contribution in [0.3, 0.4) is 0 Å². The monoisotopic (exact) mass is 187 g/mol. The smallest absolute Gasteiger partial charge is 0.152 e. The summed E-state index contributed by atoms with van der Waals surface area (Å²) in [4.78, 5) is 13.2. The van der Waals surface area contributed by atoms with Gasteiger partial charge in [0.1, 0.15) is 0 Å². The van der Waals surface area contributed by atoms with Crippen molar-refractivity contribution in [2.45, 2.75) is 6.92 Å². The number of hydrogen-bond donors (Lipinski definition) is 0. The number of azide groups is 1. The van der Waals surface area contributed by atoms with Gasteiger partial charge in [0, 0.05) is 4.91 Å². The predicted molar refractivity (Wildman–Crippen MR) is 54.2 cm³/mol. The molecule has 1 aromatic rings. The molecule has 0 aromatic heterocycles. The van der Waals surface area contributed by atoms with Crippen molar-refractivity contribution in [1.29, 1.82) is 0 Å². The molecule has 0 aliphatic carbocycles. The molecule has 0 unspecified atom stereocenters. The van der Waals surface area contributed by atoms with Gasteiger partial charge < -0.3 is 0 Å². The zero-order valence-electron chi connectivity index (χ0n) is 7.71. The Balaban J connectivity index is 3.20. The number of aldehydes is 1. The van der Waals surface area contributed by atoms with Crippen LogP contribution in [0.5, 0.6) is 0 Å². The Bertz CT molecular complexity index is 403. The van der Waals surface area contributed by atoms with E-state index in [9.17, 15) is 4.79 Å².